The van der Waals surface area contributed by atoms with E-state index in [-0.39, 0.29) is 11.4 Å². The van der Waals surface area contributed by atoms with E-state index >= 15 is 0 Å². The van der Waals surface area contributed by atoms with Gasteiger partial charge in [-0.2, -0.15) is 17.7 Å². The third kappa shape index (κ3) is 6.33. The molecule has 0 aliphatic carbocycles. The van der Waals surface area contributed by atoms with Crippen molar-refractivity contribution in [3.8, 4) is 11.3 Å². The first-order chi connectivity index (χ1) is 11.5. The van der Waals surface area contributed by atoms with Crippen molar-refractivity contribution in [1.82, 2.24) is 9.78 Å². The minimum atomic E-state index is -0.605. The van der Waals surface area contributed by atoms with Crippen molar-refractivity contribution in [2.45, 2.75) is 57.9 Å². The number of Topliss-reactive ketones (excluding diaryl/α,β-unsaturated/α-hetero) is 1. The summed E-state index contributed by atoms with van der Waals surface area (Å²) in [4.78, 5) is 12.1. The number of carbonyl (C=O) groups is 1. The lowest BCUT2D eigenvalue weighted by molar-refractivity contribution is -0.119. The predicted molar refractivity (Wildman–Crippen MR) is 105 cm³/mol. The molecule has 0 aliphatic rings. The molecular weight excluding hydrogens is 332 g/mol. The fourth-order valence-corrected chi connectivity index (χ4v) is 2.36. The van der Waals surface area contributed by atoms with E-state index < -0.39 is 4.75 Å². The van der Waals surface area contributed by atoms with Gasteiger partial charge in [0.15, 0.2) is 5.78 Å². The van der Waals surface area contributed by atoms with E-state index in [1.807, 2.05) is 75.8 Å². The maximum absolute atomic E-state index is 12.1. The maximum Gasteiger partial charge on any atom is 0.152 e. The van der Waals surface area contributed by atoms with E-state index in [9.17, 15) is 4.79 Å². The zero-order valence-electron chi connectivity index (χ0n) is 15.7. The highest BCUT2D eigenvalue weighted by Crippen LogP contribution is 2.20. The average molecular weight is 361 g/mol. The fraction of sp³-hybridized carbons (Fsp3) is 0.500. The molecule has 0 saturated carbocycles. The molecule has 0 fully saturated rings. The van der Waals surface area contributed by atoms with Crippen molar-refractivity contribution in [2.75, 3.05) is 6.61 Å². The topological polar surface area (TPSA) is 44.1 Å². The number of benzene rings is 1. The Morgan fingerprint density at radius 3 is 2.32 bits per heavy atom. The van der Waals surface area contributed by atoms with Gasteiger partial charge in [-0.3, -0.25) is 9.48 Å². The number of ketones is 1. The summed E-state index contributed by atoms with van der Waals surface area (Å²) in [6.07, 6.45) is 2.36. The molecule has 0 radical (unpaired) electrons. The molecule has 2 rings (SSSR count). The number of carbonyl (C=O) groups excluding carboxylic acids is 1. The molecule has 0 spiro atoms. The molecule has 136 valence electrons. The van der Waals surface area contributed by atoms with Crippen molar-refractivity contribution < 1.29 is 9.53 Å². The number of ether oxygens (including phenoxy) is 1. The Labute approximate surface area is 156 Å². The van der Waals surface area contributed by atoms with Crippen LogP contribution in [0.3, 0.4) is 0 Å². The fourth-order valence-electron chi connectivity index (χ4n) is 2.28. The van der Waals surface area contributed by atoms with Crippen LogP contribution in [-0.4, -0.2) is 32.5 Å². The normalized spacial score (nSPS) is 12.4. The Balaban J connectivity index is 1.97. The van der Waals surface area contributed by atoms with E-state index in [1.54, 1.807) is 0 Å². The van der Waals surface area contributed by atoms with Crippen LogP contribution in [0.15, 0.2) is 36.5 Å². The largest absolute Gasteiger partial charge is 0.374 e. The van der Waals surface area contributed by atoms with Gasteiger partial charge in [0, 0.05) is 18.2 Å². The minimum absolute atomic E-state index is 0.117. The summed E-state index contributed by atoms with van der Waals surface area (Å²) < 4.78 is 7.02. The summed E-state index contributed by atoms with van der Waals surface area (Å²) in [5.74, 6) is 0.117. The molecule has 0 amide bonds. The monoisotopic (exact) mass is 360 g/mol. The highest BCUT2D eigenvalue weighted by Gasteiger charge is 2.22. The molecule has 25 heavy (non-hydrogen) atoms. The standard InChI is InChI=1S/C20H28N2O2S/c1-19(2,3)24-13-12-22-11-10-17(21-22)16-8-6-15(7-9-16)14-18(23)20(4,5)25/h6-11,25H,12-14H2,1-5H3. The van der Waals surface area contributed by atoms with Gasteiger partial charge in [0.05, 0.1) is 29.2 Å². The number of rotatable bonds is 7. The van der Waals surface area contributed by atoms with E-state index in [4.69, 9.17) is 4.74 Å². The predicted octanol–water partition coefficient (Wildman–Crippen LogP) is 4.19. The van der Waals surface area contributed by atoms with Crippen LogP contribution in [0.5, 0.6) is 0 Å². The van der Waals surface area contributed by atoms with Crippen molar-refractivity contribution in [3.05, 3.63) is 42.1 Å². The van der Waals surface area contributed by atoms with Crippen LogP contribution in [0, 0.1) is 0 Å². The van der Waals surface area contributed by atoms with Crippen molar-refractivity contribution in [1.29, 1.82) is 0 Å². The van der Waals surface area contributed by atoms with Crippen molar-refractivity contribution >= 4 is 18.4 Å². The van der Waals surface area contributed by atoms with E-state index in [2.05, 4.69) is 17.7 Å². The van der Waals surface area contributed by atoms with Gasteiger partial charge in [-0.25, -0.2) is 0 Å². The summed E-state index contributed by atoms with van der Waals surface area (Å²) in [5, 5.41) is 4.59. The van der Waals surface area contributed by atoms with Crippen LogP contribution < -0.4 is 0 Å². The molecule has 0 bridgehead atoms. The third-order valence-electron chi connectivity index (χ3n) is 3.79. The number of thiol groups is 1. The van der Waals surface area contributed by atoms with E-state index in [1.165, 1.54) is 0 Å². The van der Waals surface area contributed by atoms with E-state index in [0.29, 0.717) is 13.0 Å². The van der Waals surface area contributed by atoms with Crippen LogP contribution in [0.2, 0.25) is 0 Å². The zero-order valence-corrected chi connectivity index (χ0v) is 16.6. The maximum atomic E-state index is 12.1. The number of aromatic nitrogens is 2. The van der Waals surface area contributed by atoms with Gasteiger partial charge in [-0.1, -0.05) is 24.3 Å². The molecule has 1 heterocycles. The summed E-state index contributed by atoms with van der Waals surface area (Å²) in [6.45, 7) is 11.1. The first-order valence-corrected chi connectivity index (χ1v) is 9.02. The second-order valence-electron chi connectivity index (χ2n) is 7.78. The number of hydrogen-bond acceptors (Lipinski definition) is 4. The first kappa shape index (κ1) is 19.7. The molecule has 0 saturated heterocycles. The molecule has 4 nitrogen and oxygen atoms in total. The third-order valence-corrected chi connectivity index (χ3v) is 4.04. The first-order valence-electron chi connectivity index (χ1n) is 8.57. The van der Waals surface area contributed by atoms with Crippen LogP contribution in [0.25, 0.3) is 11.3 Å². The SMILES string of the molecule is CC(C)(C)OCCn1ccc(-c2ccc(CC(=O)C(C)(C)S)cc2)n1. The molecule has 0 N–H and O–H groups in total. The highest BCUT2D eigenvalue weighted by molar-refractivity contribution is 7.82. The lowest BCUT2D eigenvalue weighted by Gasteiger charge is -2.19. The quantitative estimate of drug-likeness (QED) is 0.753. The Hall–Kier alpha value is -1.59. The van der Waals surface area contributed by atoms with Crippen molar-refractivity contribution in [2.24, 2.45) is 0 Å². The van der Waals surface area contributed by atoms with E-state index in [0.717, 1.165) is 23.4 Å². The lowest BCUT2D eigenvalue weighted by atomic mass is 9.99. The molecule has 0 atom stereocenters. The highest BCUT2D eigenvalue weighted by atomic mass is 32.1. The van der Waals surface area contributed by atoms with Gasteiger partial charge in [0.2, 0.25) is 0 Å². The smallest absolute Gasteiger partial charge is 0.152 e. The van der Waals surface area contributed by atoms with Crippen LogP contribution in [0.4, 0.5) is 0 Å². The second kappa shape index (κ2) is 7.75. The van der Waals surface area contributed by atoms with Gasteiger partial charge in [0.1, 0.15) is 0 Å². The number of hydrogen-bond donors (Lipinski definition) is 1. The molecule has 0 aliphatic heterocycles. The molecule has 1 aromatic heterocycles. The van der Waals surface area contributed by atoms with Crippen molar-refractivity contribution in [3.63, 3.8) is 0 Å². The minimum Gasteiger partial charge on any atom is -0.374 e. The summed E-state index contributed by atoms with van der Waals surface area (Å²) in [6, 6.07) is 9.97. The Kier molecular flexibility index (Phi) is 6.12. The lowest BCUT2D eigenvalue weighted by Crippen LogP contribution is -2.26. The van der Waals surface area contributed by atoms with Crippen LogP contribution >= 0.6 is 12.6 Å². The molecule has 0 unspecified atom stereocenters. The van der Waals surface area contributed by atoms with Gasteiger partial charge in [0.25, 0.3) is 0 Å². The van der Waals surface area contributed by atoms with Gasteiger partial charge in [-0.15, -0.1) is 0 Å². The summed E-state index contributed by atoms with van der Waals surface area (Å²) >= 11 is 4.33. The Bertz CT molecular complexity index is 707. The average Bonchev–Trinajstić information content (AvgIpc) is 2.94. The molecule has 5 heteroatoms. The Morgan fingerprint density at radius 2 is 1.76 bits per heavy atom. The second-order valence-corrected chi connectivity index (χ2v) is 8.90. The van der Waals surface area contributed by atoms with Gasteiger partial charge < -0.3 is 4.74 Å². The number of nitrogens with zero attached hydrogens (tertiary/aromatic N) is 2. The van der Waals surface area contributed by atoms with Crippen LogP contribution in [0.1, 0.15) is 40.2 Å². The summed E-state index contributed by atoms with van der Waals surface area (Å²) in [5.41, 5.74) is 2.82. The molecule has 1 aromatic carbocycles. The Morgan fingerprint density at radius 1 is 1.12 bits per heavy atom. The van der Waals surface area contributed by atoms with Gasteiger partial charge in [-0.05, 0) is 46.2 Å². The van der Waals surface area contributed by atoms with Crippen LogP contribution in [-0.2, 0) is 22.5 Å². The molecule has 2 aromatic rings. The zero-order chi connectivity index (χ0) is 18.7. The van der Waals surface area contributed by atoms with Gasteiger partial charge >= 0.3 is 0 Å². The summed E-state index contributed by atoms with van der Waals surface area (Å²) in [7, 11) is 0. The molecular formula is C20H28N2O2S.